The summed E-state index contributed by atoms with van der Waals surface area (Å²) in [6.07, 6.45) is 0. The lowest BCUT2D eigenvalue weighted by Crippen LogP contribution is -2.36. The van der Waals surface area contributed by atoms with Crippen molar-refractivity contribution in [2.45, 2.75) is 19.9 Å². The van der Waals surface area contributed by atoms with Crippen LogP contribution in [0.15, 0.2) is 0 Å². The molecule has 1 heterocycles. The molecule has 1 amide bonds. The number of methoxy groups -OCH3 is 1. The average molecular weight is 243 g/mol. The molecule has 1 atom stereocenters. The Bertz CT molecular complexity index is 365. The van der Waals surface area contributed by atoms with Crippen LogP contribution in [0.2, 0.25) is 0 Å². The van der Waals surface area contributed by atoms with Crippen LogP contribution in [0.1, 0.15) is 23.0 Å². The van der Waals surface area contributed by atoms with Crippen molar-refractivity contribution in [3.8, 4) is 0 Å². The molecule has 2 N–H and O–H groups in total. The SMILES string of the molecule is CNc1snc(C)c1C(=O)N[C@H](C)COC. The van der Waals surface area contributed by atoms with Gasteiger partial charge in [-0.1, -0.05) is 0 Å². The summed E-state index contributed by atoms with van der Waals surface area (Å²) in [5.41, 5.74) is 1.37. The van der Waals surface area contributed by atoms with Crippen LogP contribution in [0.4, 0.5) is 5.00 Å². The first-order valence-corrected chi connectivity index (χ1v) is 5.81. The van der Waals surface area contributed by atoms with Gasteiger partial charge in [-0.15, -0.1) is 0 Å². The molecule has 6 heteroatoms. The highest BCUT2D eigenvalue weighted by Crippen LogP contribution is 2.23. The summed E-state index contributed by atoms with van der Waals surface area (Å²) >= 11 is 1.29. The first kappa shape index (κ1) is 12.9. The lowest BCUT2D eigenvalue weighted by atomic mass is 10.2. The minimum atomic E-state index is -0.111. The van der Waals surface area contributed by atoms with E-state index in [0.717, 1.165) is 10.7 Å². The molecule has 1 aromatic heterocycles. The van der Waals surface area contributed by atoms with Crippen molar-refractivity contribution in [1.82, 2.24) is 9.69 Å². The summed E-state index contributed by atoms with van der Waals surface area (Å²) in [5.74, 6) is -0.111. The summed E-state index contributed by atoms with van der Waals surface area (Å²) in [6, 6.07) is -0.0125. The standard InChI is InChI=1S/C10H17N3O2S/c1-6(5-15-4)12-9(14)8-7(2)13-16-10(8)11-3/h6,11H,5H2,1-4H3,(H,12,14)/t6-/m1/s1. The molecule has 1 aromatic rings. The van der Waals surface area contributed by atoms with E-state index in [2.05, 4.69) is 15.0 Å². The van der Waals surface area contributed by atoms with Crippen LogP contribution >= 0.6 is 11.5 Å². The van der Waals surface area contributed by atoms with Crippen LogP contribution in [0.25, 0.3) is 0 Å². The second-order valence-corrected chi connectivity index (χ2v) is 4.33. The van der Waals surface area contributed by atoms with E-state index < -0.39 is 0 Å². The van der Waals surface area contributed by atoms with E-state index in [9.17, 15) is 4.79 Å². The zero-order chi connectivity index (χ0) is 12.1. The molecule has 1 rings (SSSR count). The first-order chi connectivity index (χ1) is 7.60. The van der Waals surface area contributed by atoms with Gasteiger partial charge in [-0.25, -0.2) is 0 Å². The Kier molecular flexibility index (Phi) is 4.70. The van der Waals surface area contributed by atoms with E-state index in [1.807, 2.05) is 13.8 Å². The Hall–Kier alpha value is -1.14. The van der Waals surface area contributed by atoms with Crippen LogP contribution in [-0.2, 0) is 4.74 Å². The predicted molar refractivity (Wildman–Crippen MR) is 65.2 cm³/mol. The third-order valence-electron chi connectivity index (χ3n) is 2.11. The maximum Gasteiger partial charge on any atom is 0.256 e. The average Bonchev–Trinajstić information content (AvgIpc) is 2.59. The number of hydrogen-bond donors (Lipinski definition) is 2. The number of aromatic nitrogens is 1. The number of amides is 1. The fraction of sp³-hybridized carbons (Fsp3) is 0.600. The summed E-state index contributed by atoms with van der Waals surface area (Å²) < 4.78 is 9.11. The second kappa shape index (κ2) is 5.81. The van der Waals surface area contributed by atoms with Crippen molar-refractivity contribution in [3.63, 3.8) is 0 Å². The van der Waals surface area contributed by atoms with E-state index in [0.29, 0.717) is 12.2 Å². The highest BCUT2D eigenvalue weighted by Gasteiger charge is 2.18. The molecule has 0 radical (unpaired) electrons. The van der Waals surface area contributed by atoms with E-state index >= 15 is 0 Å². The van der Waals surface area contributed by atoms with Gasteiger partial charge >= 0.3 is 0 Å². The van der Waals surface area contributed by atoms with Gasteiger partial charge in [-0.05, 0) is 25.4 Å². The van der Waals surface area contributed by atoms with Gasteiger partial charge in [0.25, 0.3) is 5.91 Å². The Balaban J connectivity index is 2.75. The van der Waals surface area contributed by atoms with Crippen LogP contribution in [0, 0.1) is 6.92 Å². The quantitative estimate of drug-likeness (QED) is 0.817. The van der Waals surface area contributed by atoms with Gasteiger partial charge in [0.1, 0.15) is 5.00 Å². The van der Waals surface area contributed by atoms with Gasteiger partial charge in [-0.2, -0.15) is 4.37 Å². The van der Waals surface area contributed by atoms with Gasteiger partial charge in [0.05, 0.1) is 17.9 Å². The maximum absolute atomic E-state index is 12.0. The van der Waals surface area contributed by atoms with Crippen LogP contribution in [-0.4, -0.2) is 37.1 Å². The maximum atomic E-state index is 12.0. The van der Waals surface area contributed by atoms with Gasteiger partial charge in [0, 0.05) is 20.2 Å². The molecule has 0 saturated carbocycles. The molecule has 5 nitrogen and oxygen atoms in total. The number of carbonyl (C=O) groups excluding carboxylic acids is 1. The zero-order valence-corrected chi connectivity index (χ0v) is 10.8. The molecule has 0 aromatic carbocycles. The highest BCUT2D eigenvalue weighted by molar-refractivity contribution is 7.10. The number of carbonyl (C=O) groups is 1. The zero-order valence-electron chi connectivity index (χ0n) is 9.96. The van der Waals surface area contributed by atoms with Crippen molar-refractivity contribution >= 4 is 22.4 Å². The van der Waals surface area contributed by atoms with Gasteiger partial charge in [-0.3, -0.25) is 4.79 Å². The van der Waals surface area contributed by atoms with E-state index in [1.54, 1.807) is 14.2 Å². The Morgan fingerprint density at radius 3 is 2.88 bits per heavy atom. The molecule has 0 unspecified atom stereocenters. The minimum Gasteiger partial charge on any atom is -0.383 e. The number of rotatable bonds is 5. The molecule has 16 heavy (non-hydrogen) atoms. The molecule has 0 aliphatic heterocycles. The lowest BCUT2D eigenvalue weighted by molar-refractivity contribution is 0.0906. The topological polar surface area (TPSA) is 63.2 Å². The summed E-state index contributed by atoms with van der Waals surface area (Å²) in [4.78, 5) is 12.0. The number of ether oxygens (including phenoxy) is 1. The predicted octanol–water partition coefficient (Wildman–Crippen LogP) is 1.26. The van der Waals surface area contributed by atoms with Crippen LogP contribution in [0.3, 0.4) is 0 Å². The van der Waals surface area contributed by atoms with Gasteiger partial charge in [0.2, 0.25) is 0 Å². The van der Waals surface area contributed by atoms with Crippen molar-refractivity contribution in [3.05, 3.63) is 11.3 Å². The Labute approximate surface area is 99.4 Å². The number of anilines is 1. The summed E-state index contributed by atoms with van der Waals surface area (Å²) in [6.45, 7) is 4.22. The van der Waals surface area contributed by atoms with Crippen molar-refractivity contribution < 1.29 is 9.53 Å². The number of nitrogens with one attached hydrogen (secondary N) is 2. The third-order valence-corrected chi connectivity index (χ3v) is 3.07. The second-order valence-electron chi connectivity index (χ2n) is 3.55. The van der Waals surface area contributed by atoms with Gasteiger partial charge < -0.3 is 15.4 Å². The molecule has 0 aliphatic carbocycles. The number of aryl methyl sites for hydroxylation is 1. The third kappa shape index (κ3) is 2.93. The molecule has 0 aliphatic rings. The number of nitrogens with zero attached hydrogens (tertiary/aromatic N) is 1. The van der Waals surface area contributed by atoms with Crippen LogP contribution in [0.5, 0.6) is 0 Å². The molecule has 90 valence electrons. The first-order valence-electron chi connectivity index (χ1n) is 5.04. The van der Waals surface area contributed by atoms with Crippen molar-refractivity contribution in [1.29, 1.82) is 0 Å². The Morgan fingerprint density at radius 1 is 1.62 bits per heavy atom. The van der Waals surface area contributed by atoms with E-state index in [4.69, 9.17) is 4.74 Å². The van der Waals surface area contributed by atoms with Crippen molar-refractivity contribution in [2.75, 3.05) is 26.1 Å². The normalized spacial score (nSPS) is 12.2. The number of hydrogen-bond acceptors (Lipinski definition) is 5. The van der Waals surface area contributed by atoms with Crippen molar-refractivity contribution in [2.24, 2.45) is 0 Å². The molecule has 0 saturated heterocycles. The highest BCUT2D eigenvalue weighted by atomic mass is 32.1. The smallest absolute Gasteiger partial charge is 0.256 e. The Morgan fingerprint density at radius 2 is 2.31 bits per heavy atom. The largest absolute Gasteiger partial charge is 0.383 e. The fourth-order valence-corrected chi connectivity index (χ4v) is 2.14. The fourth-order valence-electron chi connectivity index (χ4n) is 1.40. The molecular formula is C10H17N3O2S. The van der Waals surface area contributed by atoms with E-state index in [-0.39, 0.29) is 11.9 Å². The summed E-state index contributed by atoms with van der Waals surface area (Å²) in [7, 11) is 3.39. The summed E-state index contributed by atoms with van der Waals surface area (Å²) in [5, 5.41) is 6.62. The molecular weight excluding hydrogens is 226 g/mol. The lowest BCUT2D eigenvalue weighted by Gasteiger charge is -2.13. The van der Waals surface area contributed by atoms with Gasteiger partial charge in [0.15, 0.2) is 0 Å². The van der Waals surface area contributed by atoms with E-state index in [1.165, 1.54) is 11.5 Å². The monoisotopic (exact) mass is 243 g/mol. The minimum absolute atomic E-state index is 0.0125. The molecule has 0 bridgehead atoms. The van der Waals surface area contributed by atoms with Crippen LogP contribution < -0.4 is 10.6 Å². The molecule has 0 fully saturated rings. The molecule has 0 spiro atoms.